The Morgan fingerprint density at radius 1 is 1.19 bits per heavy atom. The molecule has 2 amide bonds. The number of benzene rings is 2. The highest BCUT2D eigenvalue weighted by Gasteiger charge is 2.38. The zero-order chi connectivity index (χ0) is 26.6. The topological polar surface area (TPSA) is 79.6 Å². The minimum absolute atomic E-state index is 0.0218. The normalized spacial score (nSPS) is 22.4. The zero-order valence-corrected chi connectivity index (χ0v) is 21.2. The number of hydrogen-bond acceptors (Lipinski definition) is 4. The van der Waals surface area contributed by atoms with E-state index in [0.717, 1.165) is 38.1 Å². The van der Waals surface area contributed by atoms with Crippen LogP contribution in [0.2, 0.25) is 5.02 Å². The summed E-state index contributed by atoms with van der Waals surface area (Å²) in [5.74, 6) is 0. The Morgan fingerprint density at radius 3 is 2.54 bits per heavy atom. The van der Waals surface area contributed by atoms with E-state index in [9.17, 15) is 28.3 Å². The predicted octanol–water partition coefficient (Wildman–Crippen LogP) is 5.99. The first-order valence-corrected chi connectivity index (χ1v) is 12.9. The Hall–Kier alpha value is -2.80. The molecular weight excluding hydrogens is 505 g/mol. The van der Waals surface area contributed by atoms with Crippen molar-refractivity contribution in [1.29, 1.82) is 5.26 Å². The zero-order valence-electron chi connectivity index (χ0n) is 20.4. The predicted molar refractivity (Wildman–Crippen MR) is 135 cm³/mol. The van der Waals surface area contributed by atoms with Gasteiger partial charge < -0.3 is 20.2 Å². The van der Waals surface area contributed by atoms with Crippen molar-refractivity contribution in [2.75, 3.05) is 31.5 Å². The molecule has 0 spiro atoms. The summed E-state index contributed by atoms with van der Waals surface area (Å²) in [7, 11) is 0. The van der Waals surface area contributed by atoms with Gasteiger partial charge in [0.1, 0.15) is 0 Å². The van der Waals surface area contributed by atoms with Crippen LogP contribution in [0.5, 0.6) is 0 Å². The lowest BCUT2D eigenvalue weighted by Crippen LogP contribution is -2.49. The van der Waals surface area contributed by atoms with Crippen LogP contribution in [0.3, 0.4) is 0 Å². The maximum Gasteiger partial charge on any atom is 0.417 e. The Morgan fingerprint density at radius 2 is 1.89 bits per heavy atom. The summed E-state index contributed by atoms with van der Waals surface area (Å²) in [6.45, 7) is 3.02. The lowest BCUT2D eigenvalue weighted by atomic mass is 9.77. The molecule has 0 unspecified atom stereocenters. The molecule has 0 atom stereocenters. The molecule has 1 heterocycles. The molecule has 1 saturated heterocycles. The number of alkyl halides is 3. The third kappa shape index (κ3) is 6.56. The number of carbonyl (C=O) groups excluding carboxylic acids is 1. The van der Waals surface area contributed by atoms with Gasteiger partial charge in [-0.05, 0) is 87.5 Å². The molecule has 1 aliphatic heterocycles. The maximum absolute atomic E-state index is 13.4. The fourth-order valence-corrected chi connectivity index (χ4v) is 5.50. The lowest BCUT2D eigenvalue weighted by Gasteiger charge is -2.41. The van der Waals surface area contributed by atoms with Crippen LogP contribution in [0.4, 0.5) is 23.7 Å². The highest BCUT2D eigenvalue weighted by atomic mass is 35.5. The van der Waals surface area contributed by atoms with Crippen molar-refractivity contribution in [2.45, 2.75) is 56.3 Å². The van der Waals surface area contributed by atoms with Crippen molar-refractivity contribution in [3.05, 3.63) is 64.2 Å². The number of hydrogen-bond donors (Lipinski definition) is 2. The SMILES string of the molecule is N#Cc1cccc(C2(O)CCC(N(CCN3CCCC3)C(=O)Nc3ccc(Cl)c(C(F)(F)F)c3)CC2)c1. The molecule has 0 aromatic heterocycles. The Labute approximate surface area is 219 Å². The van der Waals surface area contributed by atoms with E-state index in [2.05, 4.69) is 16.3 Å². The van der Waals surface area contributed by atoms with Crippen molar-refractivity contribution < 1.29 is 23.1 Å². The van der Waals surface area contributed by atoms with E-state index in [-0.39, 0.29) is 11.7 Å². The van der Waals surface area contributed by atoms with Gasteiger partial charge in [-0.3, -0.25) is 0 Å². The molecule has 198 valence electrons. The van der Waals surface area contributed by atoms with Gasteiger partial charge in [-0.25, -0.2) is 4.79 Å². The molecule has 1 saturated carbocycles. The first kappa shape index (κ1) is 27.2. The monoisotopic (exact) mass is 534 g/mol. The average Bonchev–Trinajstić information content (AvgIpc) is 3.39. The standard InChI is InChI=1S/C27H30ClF3N4O2/c28-24-7-6-21(17-23(24)27(29,30)31)33-25(36)35(15-14-34-12-1-2-13-34)22-8-10-26(37,11-9-22)20-5-3-4-19(16-20)18-32/h3-7,16-17,22,37H,1-2,8-15H2,(H,33,36). The molecule has 4 rings (SSSR count). The van der Waals surface area contributed by atoms with Crippen molar-refractivity contribution in [3.63, 3.8) is 0 Å². The molecule has 2 fully saturated rings. The number of aliphatic hydroxyl groups is 1. The molecule has 37 heavy (non-hydrogen) atoms. The minimum Gasteiger partial charge on any atom is -0.385 e. The first-order valence-electron chi connectivity index (χ1n) is 12.5. The Balaban J connectivity index is 1.49. The van der Waals surface area contributed by atoms with E-state index in [1.807, 2.05) is 0 Å². The Bertz CT molecular complexity index is 1150. The second-order valence-corrected chi connectivity index (χ2v) is 10.2. The third-order valence-electron chi connectivity index (χ3n) is 7.39. The number of urea groups is 1. The largest absolute Gasteiger partial charge is 0.417 e. The molecule has 2 N–H and O–H groups in total. The van der Waals surface area contributed by atoms with Crippen LogP contribution in [-0.4, -0.2) is 53.2 Å². The van der Waals surface area contributed by atoms with Crippen LogP contribution in [0.15, 0.2) is 42.5 Å². The highest BCUT2D eigenvalue weighted by Crippen LogP contribution is 2.39. The fourth-order valence-electron chi connectivity index (χ4n) is 5.28. The molecule has 0 bridgehead atoms. The number of nitrogens with zero attached hydrogens (tertiary/aromatic N) is 3. The van der Waals surface area contributed by atoms with E-state index in [0.29, 0.717) is 49.9 Å². The third-order valence-corrected chi connectivity index (χ3v) is 7.72. The van der Waals surface area contributed by atoms with Crippen molar-refractivity contribution >= 4 is 23.3 Å². The van der Waals surface area contributed by atoms with E-state index in [4.69, 9.17) is 11.6 Å². The van der Waals surface area contributed by atoms with E-state index in [1.54, 1.807) is 29.2 Å². The smallest absolute Gasteiger partial charge is 0.385 e. The van der Waals surface area contributed by atoms with Gasteiger partial charge in [-0.2, -0.15) is 18.4 Å². The summed E-state index contributed by atoms with van der Waals surface area (Å²) in [5, 5.41) is 22.7. The van der Waals surface area contributed by atoms with Crippen molar-refractivity contribution in [3.8, 4) is 6.07 Å². The first-order chi connectivity index (χ1) is 17.6. The number of anilines is 1. The summed E-state index contributed by atoms with van der Waals surface area (Å²) < 4.78 is 39.9. The molecule has 6 nitrogen and oxygen atoms in total. The molecule has 2 aromatic carbocycles. The van der Waals surface area contributed by atoms with Gasteiger partial charge in [-0.1, -0.05) is 23.7 Å². The molecule has 2 aromatic rings. The number of nitriles is 1. The number of halogens is 4. The number of carbonyl (C=O) groups is 1. The second kappa shape index (κ2) is 11.3. The van der Waals surface area contributed by atoms with Crippen LogP contribution in [0.25, 0.3) is 0 Å². The van der Waals surface area contributed by atoms with Crippen LogP contribution in [0, 0.1) is 11.3 Å². The molecule has 10 heteroatoms. The van der Waals surface area contributed by atoms with Gasteiger partial charge in [0.2, 0.25) is 0 Å². The van der Waals surface area contributed by atoms with Crippen LogP contribution in [0.1, 0.15) is 55.2 Å². The number of likely N-dealkylation sites (tertiary alicyclic amines) is 1. The van der Waals surface area contributed by atoms with Gasteiger partial charge in [0.15, 0.2) is 0 Å². The van der Waals surface area contributed by atoms with Crippen LogP contribution < -0.4 is 5.32 Å². The minimum atomic E-state index is -4.63. The molecule has 2 aliphatic rings. The summed E-state index contributed by atoms with van der Waals surface area (Å²) in [6, 6.07) is 11.7. The summed E-state index contributed by atoms with van der Waals surface area (Å²) in [6.07, 6.45) is -0.572. The fraction of sp³-hybridized carbons (Fsp3) is 0.481. The van der Waals surface area contributed by atoms with Crippen molar-refractivity contribution in [2.24, 2.45) is 0 Å². The van der Waals surface area contributed by atoms with Gasteiger partial charge in [0.25, 0.3) is 0 Å². The molecule has 0 radical (unpaired) electrons. The molecular formula is C27H30ClF3N4O2. The van der Waals surface area contributed by atoms with Gasteiger partial charge >= 0.3 is 12.2 Å². The Kier molecular flexibility index (Phi) is 8.32. The highest BCUT2D eigenvalue weighted by molar-refractivity contribution is 6.31. The number of amides is 2. The second-order valence-electron chi connectivity index (χ2n) is 9.82. The van der Waals surface area contributed by atoms with Gasteiger partial charge in [-0.15, -0.1) is 0 Å². The van der Waals surface area contributed by atoms with E-state index >= 15 is 0 Å². The summed E-state index contributed by atoms with van der Waals surface area (Å²) in [4.78, 5) is 17.3. The lowest BCUT2D eigenvalue weighted by molar-refractivity contribution is -0.137. The van der Waals surface area contributed by atoms with Crippen LogP contribution in [-0.2, 0) is 11.8 Å². The van der Waals surface area contributed by atoms with Crippen molar-refractivity contribution in [1.82, 2.24) is 9.80 Å². The van der Waals surface area contributed by atoms with E-state index in [1.165, 1.54) is 6.07 Å². The average molecular weight is 535 g/mol. The van der Waals surface area contributed by atoms with Gasteiger partial charge in [0, 0.05) is 24.8 Å². The summed E-state index contributed by atoms with van der Waals surface area (Å²) in [5.41, 5.74) is -0.927. The van der Waals surface area contributed by atoms with E-state index < -0.39 is 28.4 Å². The number of rotatable bonds is 6. The quantitative estimate of drug-likeness (QED) is 0.477. The maximum atomic E-state index is 13.4. The summed E-state index contributed by atoms with van der Waals surface area (Å²) >= 11 is 5.73. The number of nitrogens with one attached hydrogen (secondary N) is 1. The molecule has 1 aliphatic carbocycles. The van der Waals surface area contributed by atoms with Crippen LogP contribution >= 0.6 is 11.6 Å². The van der Waals surface area contributed by atoms with Gasteiger partial charge in [0.05, 0.1) is 27.8 Å².